The van der Waals surface area contributed by atoms with Crippen LogP contribution in [-0.2, 0) is 24.3 Å². The van der Waals surface area contributed by atoms with Crippen molar-refractivity contribution in [3.63, 3.8) is 0 Å². The van der Waals surface area contributed by atoms with E-state index in [1.54, 1.807) is 0 Å². The molecule has 176 valence electrons. The van der Waals surface area contributed by atoms with Gasteiger partial charge < -0.3 is 14.8 Å². The first-order valence-corrected chi connectivity index (χ1v) is 11.6. The molecule has 1 N–H and O–H groups in total. The Hall–Kier alpha value is -3.31. The van der Waals surface area contributed by atoms with Crippen molar-refractivity contribution in [1.82, 2.24) is 4.31 Å². The zero-order chi connectivity index (χ0) is 24.0. The first-order valence-electron chi connectivity index (χ1n) is 10.2. The SMILES string of the molecule is COC(=O)c1ccc(NC(=O)COC(=O)c2ccc(F)c(S(=O)(=O)N3CCCCC3)c2)cc1. The molecule has 0 aromatic heterocycles. The summed E-state index contributed by atoms with van der Waals surface area (Å²) in [7, 11) is -2.84. The number of anilines is 1. The monoisotopic (exact) mass is 478 g/mol. The highest BCUT2D eigenvalue weighted by Gasteiger charge is 2.29. The summed E-state index contributed by atoms with van der Waals surface area (Å²) in [5.74, 6) is -3.12. The van der Waals surface area contributed by atoms with Crippen molar-refractivity contribution in [1.29, 1.82) is 0 Å². The summed E-state index contributed by atoms with van der Waals surface area (Å²) in [6, 6.07) is 8.76. The number of halogens is 1. The highest BCUT2D eigenvalue weighted by Crippen LogP contribution is 2.24. The van der Waals surface area contributed by atoms with Gasteiger partial charge in [0.15, 0.2) is 6.61 Å². The molecule has 11 heteroatoms. The molecule has 0 aliphatic carbocycles. The normalized spacial score (nSPS) is 14.4. The minimum absolute atomic E-state index is 0.192. The Morgan fingerprint density at radius 2 is 1.61 bits per heavy atom. The van der Waals surface area contributed by atoms with Crippen molar-refractivity contribution < 1.29 is 36.7 Å². The van der Waals surface area contributed by atoms with Crippen molar-refractivity contribution in [2.24, 2.45) is 0 Å². The molecule has 1 aliphatic rings. The Morgan fingerprint density at radius 1 is 0.970 bits per heavy atom. The zero-order valence-electron chi connectivity index (χ0n) is 17.9. The second-order valence-corrected chi connectivity index (χ2v) is 9.21. The van der Waals surface area contributed by atoms with Crippen LogP contribution in [0.2, 0.25) is 0 Å². The van der Waals surface area contributed by atoms with Crippen molar-refractivity contribution in [3.8, 4) is 0 Å². The number of esters is 2. The van der Waals surface area contributed by atoms with Crippen LogP contribution in [0.4, 0.5) is 10.1 Å². The highest BCUT2D eigenvalue weighted by molar-refractivity contribution is 7.89. The number of hydrogen-bond donors (Lipinski definition) is 1. The summed E-state index contributed by atoms with van der Waals surface area (Å²) >= 11 is 0. The fourth-order valence-electron chi connectivity index (χ4n) is 3.29. The molecule has 1 amide bonds. The summed E-state index contributed by atoms with van der Waals surface area (Å²) in [4.78, 5) is 35.2. The molecule has 0 atom stereocenters. The van der Waals surface area contributed by atoms with Gasteiger partial charge >= 0.3 is 11.9 Å². The van der Waals surface area contributed by atoms with Gasteiger partial charge in [-0.1, -0.05) is 6.42 Å². The highest BCUT2D eigenvalue weighted by atomic mass is 32.2. The van der Waals surface area contributed by atoms with Crippen LogP contribution >= 0.6 is 0 Å². The molecule has 0 unspecified atom stereocenters. The second-order valence-electron chi connectivity index (χ2n) is 7.30. The van der Waals surface area contributed by atoms with Gasteiger partial charge in [-0.25, -0.2) is 22.4 Å². The molecule has 33 heavy (non-hydrogen) atoms. The lowest BCUT2D eigenvalue weighted by molar-refractivity contribution is -0.119. The van der Waals surface area contributed by atoms with Gasteiger partial charge in [0, 0.05) is 18.8 Å². The van der Waals surface area contributed by atoms with Gasteiger partial charge in [-0.15, -0.1) is 0 Å². The Kier molecular flexibility index (Phi) is 7.77. The number of rotatable bonds is 7. The van der Waals surface area contributed by atoms with Crippen LogP contribution < -0.4 is 5.32 Å². The maximum absolute atomic E-state index is 14.3. The quantitative estimate of drug-likeness (QED) is 0.608. The van der Waals surface area contributed by atoms with Gasteiger partial charge in [-0.05, 0) is 55.3 Å². The summed E-state index contributed by atoms with van der Waals surface area (Å²) < 4.78 is 50.6. The van der Waals surface area contributed by atoms with Crippen LogP contribution in [0, 0.1) is 5.82 Å². The standard InChI is InChI=1S/C22H23FN2O7S/c1-31-21(27)15-5-8-17(9-6-15)24-20(26)14-32-22(28)16-7-10-18(23)19(13-16)33(29,30)25-11-3-2-4-12-25/h5-10,13H,2-4,11-12,14H2,1H3,(H,24,26). The van der Waals surface area contributed by atoms with Crippen molar-refractivity contribution >= 4 is 33.6 Å². The third-order valence-corrected chi connectivity index (χ3v) is 6.94. The fraction of sp³-hybridized carbons (Fsp3) is 0.318. The molecule has 2 aromatic rings. The van der Waals surface area contributed by atoms with Gasteiger partial charge in [-0.2, -0.15) is 4.31 Å². The molecule has 2 aromatic carbocycles. The Bertz CT molecular complexity index is 1140. The van der Waals surface area contributed by atoms with E-state index in [4.69, 9.17) is 4.74 Å². The van der Waals surface area contributed by atoms with Crippen molar-refractivity contribution in [3.05, 3.63) is 59.4 Å². The number of benzene rings is 2. The molecule has 0 bridgehead atoms. The van der Waals surface area contributed by atoms with Crippen molar-refractivity contribution in [2.75, 3.05) is 32.1 Å². The maximum atomic E-state index is 14.3. The number of amides is 1. The van der Waals surface area contributed by atoms with Gasteiger partial charge in [0.1, 0.15) is 10.7 Å². The predicted molar refractivity (Wildman–Crippen MR) is 116 cm³/mol. The molecule has 1 saturated heterocycles. The van der Waals surface area contributed by atoms with Crippen LogP contribution in [0.25, 0.3) is 0 Å². The molecule has 3 rings (SSSR count). The lowest BCUT2D eigenvalue weighted by Gasteiger charge is -2.26. The van der Waals surface area contributed by atoms with Crippen LogP contribution in [-0.4, -0.2) is 57.4 Å². The molecule has 0 spiro atoms. The molecule has 0 radical (unpaired) electrons. The fourth-order valence-corrected chi connectivity index (χ4v) is 4.90. The predicted octanol–water partition coefficient (Wildman–Crippen LogP) is 2.58. The van der Waals surface area contributed by atoms with E-state index in [2.05, 4.69) is 10.1 Å². The third-order valence-electron chi connectivity index (χ3n) is 5.02. The molecule has 1 fully saturated rings. The largest absolute Gasteiger partial charge is 0.465 e. The Morgan fingerprint density at radius 3 is 2.24 bits per heavy atom. The molecule has 0 saturated carbocycles. The van der Waals surface area contributed by atoms with E-state index >= 15 is 0 Å². The number of piperidine rings is 1. The number of ether oxygens (including phenoxy) is 2. The second kappa shape index (κ2) is 10.5. The van der Waals surface area contributed by atoms with E-state index in [1.165, 1.54) is 35.7 Å². The number of methoxy groups -OCH3 is 1. The van der Waals surface area contributed by atoms with Crippen LogP contribution in [0.15, 0.2) is 47.4 Å². The number of sulfonamides is 1. The maximum Gasteiger partial charge on any atom is 0.338 e. The number of carbonyl (C=O) groups is 3. The van der Waals surface area contributed by atoms with Gasteiger partial charge in [0.2, 0.25) is 10.0 Å². The van der Waals surface area contributed by atoms with Crippen LogP contribution in [0.3, 0.4) is 0 Å². The summed E-state index contributed by atoms with van der Waals surface area (Å²) in [5, 5.41) is 2.49. The molecule has 9 nitrogen and oxygen atoms in total. The average molecular weight is 478 g/mol. The lowest BCUT2D eigenvalue weighted by atomic mass is 10.2. The van der Waals surface area contributed by atoms with E-state index in [9.17, 15) is 27.2 Å². The van der Waals surface area contributed by atoms with Crippen LogP contribution in [0.5, 0.6) is 0 Å². The Balaban J connectivity index is 1.63. The number of nitrogens with one attached hydrogen (secondary N) is 1. The topological polar surface area (TPSA) is 119 Å². The summed E-state index contributed by atoms with van der Waals surface area (Å²) in [5.41, 5.74) is 0.469. The van der Waals surface area contributed by atoms with E-state index in [0.717, 1.165) is 24.6 Å². The lowest BCUT2D eigenvalue weighted by Crippen LogP contribution is -2.36. The van der Waals surface area contributed by atoms with Crippen LogP contribution in [0.1, 0.15) is 40.0 Å². The third kappa shape index (κ3) is 5.93. The van der Waals surface area contributed by atoms with Gasteiger partial charge in [0.25, 0.3) is 5.91 Å². The number of carbonyl (C=O) groups excluding carboxylic acids is 3. The smallest absolute Gasteiger partial charge is 0.338 e. The van der Waals surface area contributed by atoms with E-state index in [0.29, 0.717) is 24.1 Å². The summed E-state index contributed by atoms with van der Waals surface area (Å²) in [6.45, 7) is -0.0718. The van der Waals surface area contributed by atoms with E-state index in [-0.39, 0.29) is 18.7 Å². The van der Waals surface area contributed by atoms with Gasteiger partial charge in [-0.3, -0.25) is 4.79 Å². The van der Waals surface area contributed by atoms with E-state index in [1.807, 2.05) is 0 Å². The molecular weight excluding hydrogens is 455 g/mol. The van der Waals surface area contributed by atoms with Crippen molar-refractivity contribution in [2.45, 2.75) is 24.2 Å². The molecular formula is C22H23FN2O7S. The first kappa shape index (κ1) is 24.3. The number of hydrogen-bond acceptors (Lipinski definition) is 7. The molecule has 1 aliphatic heterocycles. The Labute approximate surface area is 190 Å². The zero-order valence-corrected chi connectivity index (χ0v) is 18.7. The van der Waals surface area contributed by atoms with Gasteiger partial charge in [0.05, 0.1) is 18.2 Å². The van der Waals surface area contributed by atoms with E-state index < -0.39 is 45.2 Å². The average Bonchev–Trinajstić information content (AvgIpc) is 2.83. The minimum atomic E-state index is -4.09. The molecule has 1 heterocycles. The minimum Gasteiger partial charge on any atom is -0.465 e. The number of nitrogens with zero attached hydrogens (tertiary/aromatic N) is 1. The summed E-state index contributed by atoms with van der Waals surface area (Å²) in [6.07, 6.45) is 2.27. The first-order chi connectivity index (χ1) is 15.7.